The van der Waals surface area contributed by atoms with E-state index in [4.69, 9.17) is 9.47 Å². The molecule has 1 aliphatic heterocycles. The molecule has 9 nitrogen and oxygen atoms in total. The van der Waals surface area contributed by atoms with Gasteiger partial charge in [0.2, 0.25) is 0 Å². The molecule has 0 aliphatic carbocycles. The number of aromatic nitrogens is 4. The van der Waals surface area contributed by atoms with Crippen LogP contribution in [0.4, 0.5) is 13.6 Å². The number of pyridine rings is 1. The van der Waals surface area contributed by atoms with E-state index in [2.05, 4.69) is 10.1 Å². The lowest BCUT2D eigenvalue weighted by Gasteiger charge is -2.32. The molecule has 1 aromatic carbocycles. The summed E-state index contributed by atoms with van der Waals surface area (Å²) in [6.07, 6.45) is 3.62. The topological polar surface area (TPSA) is 94.1 Å². The molecule has 0 unspecified atom stereocenters. The number of rotatable bonds is 4. The number of ether oxygens (including phenoxy) is 2. The Bertz CT molecular complexity index is 1390. The summed E-state index contributed by atoms with van der Waals surface area (Å²) in [5, 5.41) is 13.4. The zero-order chi connectivity index (χ0) is 24.7. The van der Waals surface area contributed by atoms with E-state index in [1.807, 2.05) is 19.1 Å². The highest BCUT2D eigenvalue weighted by atomic mass is 19.1. The van der Waals surface area contributed by atoms with Crippen molar-refractivity contribution in [1.29, 1.82) is 0 Å². The highest BCUT2D eigenvalue weighted by molar-refractivity contribution is 5.70. The number of fused-ring (bicyclic) bond motifs is 1. The third kappa shape index (κ3) is 4.30. The van der Waals surface area contributed by atoms with Gasteiger partial charge in [0, 0.05) is 31.3 Å². The largest absolute Gasteiger partial charge is 0.505 e. The minimum absolute atomic E-state index is 0.120. The molecule has 0 bridgehead atoms. The molecule has 0 saturated carbocycles. The molecule has 1 N–H and O–H groups in total. The first-order valence-electron chi connectivity index (χ1n) is 11.0. The summed E-state index contributed by atoms with van der Waals surface area (Å²) in [6, 6.07) is 5.98. The van der Waals surface area contributed by atoms with Gasteiger partial charge < -0.3 is 23.9 Å². The Hall–Kier alpha value is -3.99. The monoisotopic (exact) mass is 483 g/mol. The third-order valence-electron chi connectivity index (χ3n) is 5.97. The highest BCUT2D eigenvalue weighted by Gasteiger charge is 2.29. The Labute approximate surface area is 199 Å². The number of imidazole rings is 1. The number of nitrogens with zero attached hydrogens (tertiary/aromatic N) is 5. The number of carbonyl (C=O) groups excluding carboxylic acids is 1. The van der Waals surface area contributed by atoms with Gasteiger partial charge in [0.05, 0.1) is 61.4 Å². The molecule has 1 atom stereocenters. The van der Waals surface area contributed by atoms with Crippen molar-refractivity contribution in [1.82, 2.24) is 24.1 Å². The van der Waals surface area contributed by atoms with Crippen molar-refractivity contribution in [3.63, 3.8) is 0 Å². The molecule has 35 heavy (non-hydrogen) atoms. The molecule has 5 rings (SSSR count). The Balaban J connectivity index is 1.58. The molecule has 1 aliphatic rings. The number of aryl methyl sites for hydroxylation is 1. The van der Waals surface area contributed by atoms with E-state index in [1.54, 1.807) is 10.6 Å². The van der Waals surface area contributed by atoms with Gasteiger partial charge in [-0.3, -0.25) is 0 Å². The van der Waals surface area contributed by atoms with Crippen LogP contribution in [0.3, 0.4) is 0 Å². The Morgan fingerprint density at radius 2 is 2.06 bits per heavy atom. The quantitative estimate of drug-likeness (QED) is 0.478. The van der Waals surface area contributed by atoms with E-state index < -0.39 is 23.8 Å². The van der Waals surface area contributed by atoms with Crippen molar-refractivity contribution in [2.24, 2.45) is 0 Å². The maximum Gasteiger partial charge on any atom is 0.409 e. The van der Waals surface area contributed by atoms with Crippen molar-refractivity contribution in [3.05, 3.63) is 65.7 Å². The second-order valence-corrected chi connectivity index (χ2v) is 8.38. The van der Waals surface area contributed by atoms with Crippen molar-refractivity contribution in [2.45, 2.75) is 19.4 Å². The molecular formula is C24H23F2N5O4. The number of benzene rings is 1. The molecule has 4 aromatic rings. The summed E-state index contributed by atoms with van der Waals surface area (Å²) in [7, 11) is 1.32. The minimum Gasteiger partial charge on any atom is -0.505 e. The van der Waals surface area contributed by atoms with Crippen LogP contribution in [0.5, 0.6) is 5.75 Å². The van der Waals surface area contributed by atoms with Gasteiger partial charge in [-0.25, -0.2) is 23.2 Å². The van der Waals surface area contributed by atoms with Crippen molar-refractivity contribution < 1.29 is 28.2 Å². The SMILES string of the molecule is COC(=O)N1CCO[C@@H](Cc2c(-c3c(F)cc(-n4cc(O)cn4)cc3F)nc3cc(C)ccn23)C1. The van der Waals surface area contributed by atoms with Gasteiger partial charge >= 0.3 is 6.09 Å². The fraction of sp³-hybridized carbons (Fsp3) is 0.292. The Kier molecular flexibility index (Phi) is 5.85. The van der Waals surface area contributed by atoms with Crippen LogP contribution in [0, 0.1) is 18.6 Å². The molecule has 1 saturated heterocycles. The van der Waals surface area contributed by atoms with Gasteiger partial charge in [0.1, 0.15) is 17.3 Å². The first-order valence-corrected chi connectivity index (χ1v) is 11.0. The number of hydrogen-bond donors (Lipinski definition) is 1. The van der Waals surface area contributed by atoms with E-state index >= 15 is 8.78 Å². The Morgan fingerprint density at radius 1 is 1.29 bits per heavy atom. The van der Waals surface area contributed by atoms with Gasteiger partial charge in [-0.1, -0.05) is 0 Å². The fourth-order valence-corrected chi connectivity index (χ4v) is 4.32. The maximum atomic E-state index is 15.4. The van der Waals surface area contributed by atoms with Gasteiger partial charge in [0.15, 0.2) is 5.75 Å². The summed E-state index contributed by atoms with van der Waals surface area (Å²) in [5.41, 5.74) is 2.03. The maximum absolute atomic E-state index is 15.4. The summed E-state index contributed by atoms with van der Waals surface area (Å²) >= 11 is 0. The number of hydrogen-bond acceptors (Lipinski definition) is 6. The third-order valence-corrected chi connectivity index (χ3v) is 5.97. The van der Waals surface area contributed by atoms with Crippen LogP contribution in [-0.2, 0) is 15.9 Å². The van der Waals surface area contributed by atoms with Crippen LogP contribution in [0.2, 0.25) is 0 Å². The average molecular weight is 483 g/mol. The van der Waals surface area contributed by atoms with Crippen LogP contribution in [0.25, 0.3) is 22.6 Å². The summed E-state index contributed by atoms with van der Waals surface area (Å²) < 4.78 is 44.4. The summed E-state index contributed by atoms with van der Waals surface area (Å²) in [5.74, 6) is -1.77. The van der Waals surface area contributed by atoms with E-state index in [0.717, 1.165) is 17.7 Å². The standard InChI is InChI=1S/C24H23F2N5O4/c1-14-3-4-30-20(10-17-13-29(5-6-35-17)24(33)34-2)23(28-21(30)7-14)22-18(25)8-15(9-19(22)26)31-12-16(32)11-27-31/h3-4,7-9,11-12,17,32H,5-6,10,13H2,1-2H3/t17-/m0/s1. The lowest BCUT2D eigenvalue weighted by Crippen LogP contribution is -2.46. The number of morpholine rings is 1. The van der Waals surface area contributed by atoms with Crippen LogP contribution in [-0.4, -0.2) is 68.2 Å². The molecule has 4 heterocycles. The van der Waals surface area contributed by atoms with Crippen LogP contribution in [0.1, 0.15) is 11.3 Å². The first-order chi connectivity index (χ1) is 16.8. The van der Waals surface area contributed by atoms with E-state index in [1.165, 1.54) is 29.1 Å². The molecule has 3 aromatic heterocycles. The van der Waals surface area contributed by atoms with E-state index in [-0.39, 0.29) is 35.7 Å². The average Bonchev–Trinajstić information content (AvgIpc) is 3.41. The smallest absolute Gasteiger partial charge is 0.409 e. The fourth-order valence-electron chi connectivity index (χ4n) is 4.32. The minimum atomic E-state index is -0.822. The second-order valence-electron chi connectivity index (χ2n) is 8.38. The van der Waals surface area contributed by atoms with E-state index in [9.17, 15) is 9.90 Å². The van der Waals surface area contributed by atoms with Crippen LogP contribution in [0.15, 0.2) is 42.9 Å². The predicted octanol–water partition coefficient (Wildman–Crippen LogP) is 3.49. The molecular weight excluding hydrogens is 460 g/mol. The number of aromatic hydroxyl groups is 1. The van der Waals surface area contributed by atoms with Crippen molar-refractivity contribution >= 4 is 11.7 Å². The second kappa shape index (κ2) is 8.99. The molecule has 0 radical (unpaired) electrons. The van der Waals surface area contributed by atoms with Gasteiger partial charge in [0.25, 0.3) is 0 Å². The van der Waals surface area contributed by atoms with Gasteiger partial charge in [-0.15, -0.1) is 0 Å². The zero-order valence-electron chi connectivity index (χ0n) is 19.1. The lowest BCUT2D eigenvalue weighted by molar-refractivity contribution is -0.0241. The predicted molar refractivity (Wildman–Crippen MR) is 121 cm³/mol. The van der Waals surface area contributed by atoms with Crippen molar-refractivity contribution in [2.75, 3.05) is 26.8 Å². The molecule has 1 amide bonds. The van der Waals surface area contributed by atoms with Crippen molar-refractivity contribution in [3.8, 4) is 22.7 Å². The molecule has 0 spiro atoms. The molecule has 182 valence electrons. The van der Waals surface area contributed by atoms with Crippen LogP contribution >= 0.6 is 0 Å². The van der Waals surface area contributed by atoms with Gasteiger partial charge in [-0.2, -0.15) is 5.10 Å². The number of methoxy groups -OCH3 is 1. The number of halogens is 2. The Morgan fingerprint density at radius 3 is 2.74 bits per heavy atom. The normalized spacial score (nSPS) is 16.1. The number of carbonyl (C=O) groups is 1. The lowest BCUT2D eigenvalue weighted by atomic mass is 10.0. The zero-order valence-corrected chi connectivity index (χ0v) is 19.1. The molecule has 1 fully saturated rings. The highest BCUT2D eigenvalue weighted by Crippen LogP contribution is 2.33. The molecule has 11 heteroatoms. The summed E-state index contributed by atoms with van der Waals surface area (Å²) in [4.78, 5) is 18.1. The number of amides is 1. The van der Waals surface area contributed by atoms with Gasteiger partial charge in [-0.05, 0) is 24.6 Å². The first kappa shape index (κ1) is 22.8. The van der Waals surface area contributed by atoms with E-state index in [0.29, 0.717) is 24.5 Å². The van der Waals surface area contributed by atoms with Crippen LogP contribution < -0.4 is 0 Å². The summed E-state index contributed by atoms with van der Waals surface area (Å²) in [6.45, 7) is 2.90.